The van der Waals surface area contributed by atoms with Gasteiger partial charge in [0.25, 0.3) is 0 Å². The number of nitrogens with two attached hydrogens (primary N) is 1. The van der Waals surface area contributed by atoms with E-state index in [1.54, 1.807) is 6.20 Å². The molecule has 2 aromatic rings. The molecule has 2 heterocycles. The van der Waals surface area contributed by atoms with Crippen LogP contribution >= 0.6 is 0 Å². The Morgan fingerprint density at radius 2 is 2.00 bits per heavy atom. The van der Waals surface area contributed by atoms with Gasteiger partial charge in [-0.2, -0.15) is 13.2 Å². The molecule has 5 nitrogen and oxygen atoms in total. The lowest BCUT2D eigenvalue weighted by molar-refractivity contribution is -0.141. The van der Waals surface area contributed by atoms with Gasteiger partial charge in [-0.1, -0.05) is 0 Å². The van der Waals surface area contributed by atoms with E-state index in [-0.39, 0.29) is 12.4 Å². The van der Waals surface area contributed by atoms with Crippen molar-refractivity contribution in [1.29, 1.82) is 0 Å². The number of alkyl halides is 3. The summed E-state index contributed by atoms with van der Waals surface area (Å²) in [6, 6.07) is 2.08. The molecule has 2 aromatic heterocycles. The van der Waals surface area contributed by atoms with Gasteiger partial charge in [0.1, 0.15) is 5.82 Å². The van der Waals surface area contributed by atoms with Crippen LogP contribution in [0.2, 0.25) is 0 Å². The summed E-state index contributed by atoms with van der Waals surface area (Å²) in [5.41, 5.74) is 4.39. The summed E-state index contributed by atoms with van der Waals surface area (Å²) in [6.45, 7) is 0.162. The first-order valence-electron chi connectivity index (χ1n) is 4.66. The first kappa shape index (κ1) is 11.5. The van der Waals surface area contributed by atoms with Crippen LogP contribution in [0.3, 0.4) is 0 Å². The van der Waals surface area contributed by atoms with Gasteiger partial charge < -0.3 is 5.73 Å². The first-order chi connectivity index (χ1) is 8.02. The van der Waals surface area contributed by atoms with E-state index in [0.717, 1.165) is 6.07 Å². The van der Waals surface area contributed by atoms with Gasteiger partial charge in [-0.05, 0) is 12.1 Å². The summed E-state index contributed by atoms with van der Waals surface area (Å²) in [6.07, 6.45) is -1.45. The molecule has 0 unspecified atom stereocenters. The Bertz CT molecular complexity index is 502. The molecule has 0 fully saturated rings. The van der Waals surface area contributed by atoms with Crippen molar-refractivity contribution in [3.8, 4) is 5.82 Å². The maximum Gasteiger partial charge on any atom is 0.435 e. The quantitative estimate of drug-likeness (QED) is 0.858. The number of aromatic nitrogens is 4. The lowest BCUT2D eigenvalue weighted by Gasteiger charge is -2.07. The number of hydrogen-bond acceptors (Lipinski definition) is 4. The van der Waals surface area contributed by atoms with Crippen molar-refractivity contribution in [1.82, 2.24) is 19.7 Å². The summed E-state index contributed by atoms with van der Waals surface area (Å²) in [5.74, 6) is 0.745. The molecular weight excluding hydrogens is 235 g/mol. The SMILES string of the molecule is NCc1nccn1-c1ccc(C(F)(F)F)nn1. The standard InChI is InChI=1S/C9H8F3N5/c10-9(11,12)6-1-2-7(16-15-6)17-4-3-14-8(17)5-13/h1-4H,5,13H2. The third-order valence-electron chi connectivity index (χ3n) is 2.09. The zero-order valence-corrected chi connectivity index (χ0v) is 8.52. The molecule has 0 aliphatic heterocycles. The van der Waals surface area contributed by atoms with Crippen molar-refractivity contribution >= 4 is 0 Å². The van der Waals surface area contributed by atoms with Gasteiger partial charge in [0.2, 0.25) is 0 Å². The highest BCUT2D eigenvalue weighted by Gasteiger charge is 2.32. The lowest BCUT2D eigenvalue weighted by Crippen LogP contribution is -2.12. The molecule has 0 amide bonds. The maximum atomic E-state index is 12.3. The van der Waals surface area contributed by atoms with E-state index in [2.05, 4.69) is 15.2 Å². The summed E-state index contributed by atoms with van der Waals surface area (Å²) < 4.78 is 38.3. The van der Waals surface area contributed by atoms with Crippen LogP contribution in [0.25, 0.3) is 5.82 Å². The van der Waals surface area contributed by atoms with Gasteiger partial charge in [-0.3, -0.25) is 4.57 Å². The molecule has 0 aromatic carbocycles. The fourth-order valence-corrected chi connectivity index (χ4v) is 1.30. The van der Waals surface area contributed by atoms with E-state index in [4.69, 9.17) is 5.73 Å². The van der Waals surface area contributed by atoms with E-state index in [0.29, 0.717) is 5.82 Å². The lowest BCUT2D eigenvalue weighted by atomic mass is 10.4. The highest BCUT2D eigenvalue weighted by molar-refractivity contribution is 5.24. The Hall–Kier alpha value is -1.96. The summed E-state index contributed by atoms with van der Waals surface area (Å²) in [4.78, 5) is 3.93. The molecule has 0 spiro atoms. The molecule has 8 heteroatoms. The van der Waals surface area contributed by atoms with Crippen molar-refractivity contribution in [2.75, 3.05) is 0 Å². The summed E-state index contributed by atoms with van der Waals surface area (Å²) in [5, 5.41) is 6.61. The van der Waals surface area contributed by atoms with E-state index in [1.807, 2.05) is 0 Å². The fourth-order valence-electron chi connectivity index (χ4n) is 1.30. The van der Waals surface area contributed by atoms with Crippen molar-refractivity contribution in [3.63, 3.8) is 0 Å². The second kappa shape index (κ2) is 4.13. The third-order valence-corrected chi connectivity index (χ3v) is 2.09. The zero-order valence-electron chi connectivity index (χ0n) is 8.52. The Morgan fingerprint density at radius 1 is 1.24 bits per heavy atom. The molecule has 0 saturated heterocycles. The van der Waals surface area contributed by atoms with Crippen molar-refractivity contribution in [2.45, 2.75) is 12.7 Å². The topological polar surface area (TPSA) is 69.6 Å². The average Bonchev–Trinajstić information content (AvgIpc) is 2.76. The Balaban J connectivity index is 2.36. The molecule has 0 atom stereocenters. The minimum atomic E-state index is -4.49. The van der Waals surface area contributed by atoms with Crippen LogP contribution < -0.4 is 5.73 Å². The van der Waals surface area contributed by atoms with Crippen LogP contribution in [0, 0.1) is 0 Å². The van der Waals surface area contributed by atoms with E-state index in [9.17, 15) is 13.2 Å². The molecule has 0 radical (unpaired) electrons. The van der Waals surface area contributed by atoms with Crippen LogP contribution in [-0.4, -0.2) is 19.7 Å². The van der Waals surface area contributed by atoms with Gasteiger partial charge in [-0.25, -0.2) is 4.98 Å². The van der Waals surface area contributed by atoms with Crippen LogP contribution in [-0.2, 0) is 12.7 Å². The Labute approximate surface area is 94.1 Å². The van der Waals surface area contributed by atoms with Crippen LogP contribution in [0.15, 0.2) is 24.5 Å². The monoisotopic (exact) mass is 243 g/mol. The Morgan fingerprint density at radius 3 is 2.53 bits per heavy atom. The van der Waals surface area contributed by atoms with Crippen LogP contribution in [0.4, 0.5) is 13.2 Å². The van der Waals surface area contributed by atoms with E-state index < -0.39 is 11.9 Å². The van der Waals surface area contributed by atoms with Gasteiger partial charge in [0.15, 0.2) is 11.5 Å². The average molecular weight is 243 g/mol. The highest BCUT2D eigenvalue weighted by atomic mass is 19.4. The zero-order chi connectivity index (χ0) is 12.5. The maximum absolute atomic E-state index is 12.3. The smallest absolute Gasteiger partial charge is 0.324 e. The molecule has 0 aliphatic rings. The fraction of sp³-hybridized carbons (Fsp3) is 0.222. The van der Waals surface area contributed by atoms with Gasteiger partial charge in [0, 0.05) is 12.4 Å². The normalized spacial score (nSPS) is 11.8. The van der Waals surface area contributed by atoms with Gasteiger partial charge >= 0.3 is 6.18 Å². The molecule has 0 aliphatic carbocycles. The minimum Gasteiger partial charge on any atom is -0.324 e. The molecule has 2 N–H and O–H groups in total. The number of halogens is 3. The molecule has 0 bridgehead atoms. The second-order valence-corrected chi connectivity index (χ2v) is 3.19. The van der Waals surface area contributed by atoms with Crippen LogP contribution in [0.1, 0.15) is 11.5 Å². The number of rotatable bonds is 2. The van der Waals surface area contributed by atoms with Crippen molar-refractivity contribution in [2.24, 2.45) is 5.73 Å². The summed E-state index contributed by atoms with van der Waals surface area (Å²) in [7, 11) is 0. The predicted octanol–water partition coefficient (Wildman–Crippen LogP) is 1.14. The van der Waals surface area contributed by atoms with Crippen molar-refractivity contribution < 1.29 is 13.2 Å². The Kier molecular flexibility index (Phi) is 2.80. The molecule has 0 saturated carbocycles. The highest BCUT2D eigenvalue weighted by Crippen LogP contribution is 2.26. The number of imidazole rings is 1. The molecule has 17 heavy (non-hydrogen) atoms. The van der Waals surface area contributed by atoms with E-state index in [1.165, 1.54) is 16.8 Å². The van der Waals surface area contributed by atoms with Crippen LogP contribution in [0.5, 0.6) is 0 Å². The molecular formula is C9H8F3N5. The second-order valence-electron chi connectivity index (χ2n) is 3.19. The first-order valence-corrected chi connectivity index (χ1v) is 4.66. The third kappa shape index (κ3) is 2.26. The summed E-state index contributed by atoms with van der Waals surface area (Å²) >= 11 is 0. The van der Waals surface area contributed by atoms with E-state index >= 15 is 0 Å². The van der Waals surface area contributed by atoms with Gasteiger partial charge in [0.05, 0.1) is 6.54 Å². The number of hydrogen-bond donors (Lipinski definition) is 1. The molecule has 2 rings (SSSR count). The number of nitrogens with zero attached hydrogens (tertiary/aromatic N) is 4. The minimum absolute atomic E-state index is 0.162. The molecule has 90 valence electrons. The van der Waals surface area contributed by atoms with Gasteiger partial charge in [-0.15, -0.1) is 10.2 Å². The predicted molar refractivity (Wildman–Crippen MR) is 52.0 cm³/mol. The largest absolute Gasteiger partial charge is 0.435 e. The van der Waals surface area contributed by atoms with Crippen molar-refractivity contribution in [3.05, 3.63) is 36.0 Å².